The van der Waals surface area contributed by atoms with Crippen molar-refractivity contribution < 1.29 is 27.8 Å². The standard InChI is InChI=1S/C28H18ClF3N4O4S/c1-12-7-16(25-23(34-12)19(11-41-25)28(38)39)15-8-14(29)3-4-21(15)40-6-5-36-13(2)35-24-20(30)9-17(26(31)32)18(10-33)22(24)27(36)37/h3-4,7-9,11,26H,5-6H2,1-2H3,(H,38,39). The van der Waals surface area contributed by atoms with Crippen molar-refractivity contribution in [3.63, 3.8) is 0 Å². The Hall–Kier alpha value is -4.47. The van der Waals surface area contributed by atoms with Gasteiger partial charge in [-0.2, -0.15) is 5.26 Å². The van der Waals surface area contributed by atoms with E-state index in [0.717, 1.165) is 4.57 Å². The molecule has 0 aliphatic rings. The second kappa shape index (κ2) is 10.8. The van der Waals surface area contributed by atoms with Crippen LogP contribution >= 0.6 is 22.9 Å². The summed E-state index contributed by atoms with van der Waals surface area (Å²) in [6.07, 6.45) is -3.16. The molecule has 0 atom stereocenters. The van der Waals surface area contributed by atoms with Gasteiger partial charge >= 0.3 is 5.97 Å². The third kappa shape index (κ3) is 4.98. The molecule has 1 N–H and O–H groups in total. The highest BCUT2D eigenvalue weighted by atomic mass is 35.5. The number of ether oxygens (including phenoxy) is 1. The van der Waals surface area contributed by atoms with Crippen LogP contribution < -0.4 is 10.3 Å². The van der Waals surface area contributed by atoms with Gasteiger partial charge in [0.1, 0.15) is 35.6 Å². The first kappa shape index (κ1) is 28.1. The number of hydrogen-bond acceptors (Lipinski definition) is 7. The van der Waals surface area contributed by atoms with Crippen LogP contribution in [0.4, 0.5) is 13.2 Å². The minimum Gasteiger partial charge on any atom is -0.491 e. The molecule has 2 aromatic carbocycles. The van der Waals surface area contributed by atoms with Crippen molar-refractivity contribution in [2.45, 2.75) is 26.8 Å². The Labute approximate surface area is 238 Å². The lowest BCUT2D eigenvalue weighted by molar-refractivity contribution is 0.0699. The van der Waals surface area contributed by atoms with Crippen molar-refractivity contribution >= 4 is 50.0 Å². The van der Waals surface area contributed by atoms with Crippen molar-refractivity contribution in [2.75, 3.05) is 6.61 Å². The third-order valence-corrected chi connectivity index (χ3v) is 7.68. The number of benzene rings is 2. The summed E-state index contributed by atoms with van der Waals surface area (Å²) >= 11 is 7.51. The maximum Gasteiger partial charge on any atom is 0.338 e. The molecule has 41 heavy (non-hydrogen) atoms. The quantitative estimate of drug-likeness (QED) is 0.222. The summed E-state index contributed by atoms with van der Waals surface area (Å²) in [5, 5.41) is 20.4. The van der Waals surface area contributed by atoms with Gasteiger partial charge in [-0.05, 0) is 44.2 Å². The highest BCUT2D eigenvalue weighted by molar-refractivity contribution is 7.18. The van der Waals surface area contributed by atoms with E-state index in [9.17, 15) is 33.1 Å². The third-order valence-electron chi connectivity index (χ3n) is 6.44. The number of aromatic carboxylic acids is 1. The number of carbonyl (C=O) groups is 1. The van der Waals surface area contributed by atoms with Crippen LogP contribution in [-0.4, -0.2) is 32.2 Å². The number of nitriles is 1. The van der Waals surface area contributed by atoms with Crippen molar-refractivity contribution in [3.05, 3.63) is 85.1 Å². The number of aryl methyl sites for hydroxylation is 2. The van der Waals surface area contributed by atoms with Gasteiger partial charge in [0.25, 0.3) is 12.0 Å². The second-order valence-electron chi connectivity index (χ2n) is 9.01. The van der Waals surface area contributed by atoms with Gasteiger partial charge in [-0.1, -0.05) is 11.6 Å². The number of thiophene rings is 1. The Balaban J connectivity index is 1.54. The average molecular weight is 599 g/mol. The zero-order valence-electron chi connectivity index (χ0n) is 21.3. The zero-order chi connectivity index (χ0) is 29.6. The molecule has 0 saturated carbocycles. The first-order valence-corrected chi connectivity index (χ1v) is 13.2. The summed E-state index contributed by atoms with van der Waals surface area (Å²) in [6.45, 7) is 2.99. The Morgan fingerprint density at radius 2 is 1.95 bits per heavy atom. The Kier molecular flexibility index (Phi) is 7.42. The molecule has 0 fully saturated rings. The van der Waals surface area contributed by atoms with Crippen LogP contribution in [-0.2, 0) is 6.54 Å². The van der Waals surface area contributed by atoms with Crippen molar-refractivity contribution in [1.29, 1.82) is 5.26 Å². The maximum absolute atomic E-state index is 14.6. The molecule has 3 aromatic heterocycles. The number of carboxylic acid groups (broad SMARTS) is 1. The molecular weight excluding hydrogens is 581 g/mol. The molecule has 208 valence electrons. The van der Waals surface area contributed by atoms with Gasteiger partial charge in [-0.25, -0.2) is 22.9 Å². The summed E-state index contributed by atoms with van der Waals surface area (Å²) in [5.41, 5.74) is -0.634. The van der Waals surface area contributed by atoms with Crippen LogP contribution in [0.1, 0.15) is 39.4 Å². The molecular formula is C28H18ClF3N4O4S. The number of alkyl halides is 2. The van der Waals surface area contributed by atoms with E-state index in [-0.39, 0.29) is 24.5 Å². The van der Waals surface area contributed by atoms with Crippen molar-refractivity contribution in [1.82, 2.24) is 14.5 Å². The number of rotatable bonds is 7. The fourth-order valence-electron chi connectivity index (χ4n) is 4.61. The summed E-state index contributed by atoms with van der Waals surface area (Å²) in [5.74, 6) is -1.76. The smallest absolute Gasteiger partial charge is 0.338 e. The number of hydrogen-bond donors (Lipinski definition) is 1. The maximum atomic E-state index is 14.6. The minimum absolute atomic E-state index is 0.0706. The lowest BCUT2D eigenvalue weighted by atomic mass is 10.0. The number of pyridine rings is 1. The Bertz CT molecular complexity index is 1980. The van der Waals surface area contributed by atoms with E-state index in [1.807, 2.05) is 0 Å². The van der Waals surface area contributed by atoms with Gasteiger partial charge in [0.05, 0.1) is 33.3 Å². The summed E-state index contributed by atoms with van der Waals surface area (Å²) in [7, 11) is 0. The van der Waals surface area contributed by atoms with Gasteiger partial charge in [-0.15, -0.1) is 11.3 Å². The molecule has 0 aliphatic carbocycles. The number of halogens is 4. The van der Waals surface area contributed by atoms with Crippen molar-refractivity contribution in [2.24, 2.45) is 0 Å². The molecule has 0 amide bonds. The number of aromatic nitrogens is 3. The van der Waals surface area contributed by atoms with Crippen LogP contribution in [0.2, 0.25) is 5.02 Å². The molecule has 0 unspecified atom stereocenters. The minimum atomic E-state index is -3.16. The molecule has 0 spiro atoms. The summed E-state index contributed by atoms with van der Waals surface area (Å²) in [6, 6.07) is 8.78. The molecule has 3 heterocycles. The molecule has 8 nitrogen and oxygen atoms in total. The molecule has 13 heteroatoms. The summed E-state index contributed by atoms with van der Waals surface area (Å²) < 4.78 is 49.3. The molecule has 5 rings (SSSR count). The van der Waals surface area contributed by atoms with Crippen molar-refractivity contribution in [3.8, 4) is 22.9 Å². The molecule has 0 bridgehead atoms. The largest absolute Gasteiger partial charge is 0.491 e. The Morgan fingerprint density at radius 1 is 1.20 bits per heavy atom. The predicted molar refractivity (Wildman–Crippen MR) is 148 cm³/mol. The fraction of sp³-hybridized carbons (Fsp3) is 0.179. The second-order valence-corrected chi connectivity index (χ2v) is 10.3. The van der Waals surface area contributed by atoms with E-state index in [1.165, 1.54) is 23.6 Å². The van der Waals surface area contributed by atoms with Crippen LogP contribution in [0, 0.1) is 31.0 Å². The highest BCUT2D eigenvalue weighted by Crippen LogP contribution is 2.40. The van der Waals surface area contributed by atoms with E-state index in [2.05, 4.69) is 9.97 Å². The highest BCUT2D eigenvalue weighted by Gasteiger charge is 2.24. The van der Waals surface area contributed by atoms with Crippen LogP contribution in [0.3, 0.4) is 0 Å². The van der Waals surface area contributed by atoms with E-state index < -0.39 is 45.8 Å². The predicted octanol–water partition coefficient (Wildman–Crippen LogP) is 6.67. The van der Waals surface area contributed by atoms with Crippen LogP contribution in [0.15, 0.2) is 40.5 Å². The number of fused-ring (bicyclic) bond motifs is 2. The normalized spacial score (nSPS) is 11.4. The Morgan fingerprint density at radius 3 is 2.63 bits per heavy atom. The van der Waals surface area contributed by atoms with Gasteiger partial charge in [0, 0.05) is 32.8 Å². The monoisotopic (exact) mass is 598 g/mol. The molecule has 0 saturated heterocycles. The van der Waals surface area contributed by atoms with E-state index in [0.29, 0.717) is 43.9 Å². The molecule has 0 radical (unpaired) electrons. The van der Waals surface area contributed by atoms with Gasteiger partial charge in [0.15, 0.2) is 0 Å². The van der Waals surface area contributed by atoms with E-state index >= 15 is 0 Å². The first-order chi connectivity index (χ1) is 19.5. The lowest BCUT2D eigenvalue weighted by Gasteiger charge is -2.16. The molecule has 5 aromatic rings. The molecule has 0 aliphatic heterocycles. The lowest BCUT2D eigenvalue weighted by Crippen LogP contribution is -2.27. The van der Waals surface area contributed by atoms with Gasteiger partial charge in [0.2, 0.25) is 0 Å². The number of carboxylic acids is 1. The topological polar surface area (TPSA) is 118 Å². The number of nitrogens with zero attached hydrogens (tertiary/aromatic N) is 4. The summed E-state index contributed by atoms with van der Waals surface area (Å²) in [4.78, 5) is 33.5. The van der Waals surface area contributed by atoms with Gasteiger partial charge in [-0.3, -0.25) is 14.3 Å². The average Bonchev–Trinajstić information content (AvgIpc) is 3.35. The zero-order valence-corrected chi connectivity index (χ0v) is 22.9. The van der Waals surface area contributed by atoms with Crippen LogP contribution in [0.5, 0.6) is 5.75 Å². The van der Waals surface area contributed by atoms with Crippen LogP contribution in [0.25, 0.3) is 32.2 Å². The van der Waals surface area contributed by atoms with E-state index in [4.69, 9.17) is 16.3 Å². The van der Waals surface area contributed by atoms with Gasteiger partial charge < -0.3 is 9.84 Å². The first-order valence-electron chi connectivity index (χ1n) is 12.0. The SMILES string of the molecule is Cc1cc(-c2cc(Cl)ccc2OCCn2c(C)nc3c(F)cc(C(F)F)c(C#N)c3c2=O)c2scc(C(=O)O)c2n1. The fourth-order valence-corrected chi connectivity index (χ4v) is 5.79. The van der Waals surface area contributed by atoms with E-state index in [1.54, 1.807) is 37.3 Å².